The number of thioether (sulfide) groups is 1. The number of hydrogen-bond acceptors (Lipinski definition) is 5. The van der Waals surface area contributed by atoms with Crippen molar-refractivity contribution in [3.8, 4) is 11.5 Å². The highest BCUT2D eigenvalue weighted by atomic mass is 35.5. The molecule has 1 fully saturated rings. The maximum Gasteiger partial charge on any atom is 0.257 e. The van der Waals surface area contributed by atoms with E-state index < -0.39 is 0 Å². The first-order valence-corrected chi connectivity index (χ1v) is 8.12. The van der Waals surface area contributed by atoms with Gasteiger partial charge in [-0.15, -0.1) is 0 Å². The summed E-state index contributed by atoms with van der Waals surface area (Å²) in [5.41, 5.74) is 0.886. The van der Waals surface area contributed by atoms with Crippen LogP contribution in [-0.4, -0.2) is 28.6 Å². The van der Waals surface area contributed by atoms with Crippen molar-refractivity contribution in [2.75, 3.05) is 12.4 Å². The van der Waals surface area contributed by atoms with Crippen LogP contribution in [0.4, 0.5) is 0 Å². The first-order chi connectivity index (χ1) is 9.81. The van der Waals surface area contributed by atoms with Gasteiger partial charge in [-0.2, -0.15) is 16.7 Å². The molecule has 0 radical (unpaired) electrons. The molecule has 0 bridgehead atoms. The molecule has 20 heavy (non-hydrogen) atoms. The second-order valence-electron chi connectivity index (χ2n) is 4.67. The van der Waals surface area contributed by atoms with E-state index in [0.29, 0.717) is 17.0 Å². The fourth-order valence-electron chi connectivity index (χ4n) is 2.08. The van der Waals surface area contributed by atoms with Crippen molar-refractivity contribution in [1.29, 1.82) is 0 Å². The van der Waals surface area contributed by atoms with Gasteiger partial charge < -0.3 is 9.26 Å². The molecule has 1 saturated heterocycles. The molecule has 0 aliphatic carbocycles. The largest absolute Gasteiger partial charge is 0.377 e. The highest BCUT2D eigenvalue weighted by Crippen LogP contribution is 2.22. The monoisotopic (exact) mass is 310 g/mol. The zero-order valence-corrected chi connectivity index (χ0v) is 12.5. The quantitative estimate of drug-likeness (QED) is 0.840. The minimum absolute atomic E-state index is 0.391. The van der Waals surface area contributed by atoms with Crippen LogP contribution in [0, 0.1) is 0 Å². The highest BCUT2D eigenvalue weighted by Gasteiger charge is 2.16. The Bertz CT molecular complexity index is 553. The lowest BCUT2D eigenvalue weighted by atomic mass is 10.2. The van der Waals surface area contributed by atoms with Crippen molar-refractivity contribution in [3.63, 3.8) is 0 Å². The normalized spacial score (nSPS) is 18.6. The summed E-state index contributed by atoms with van der Waals surface area (Å²) in [6.45, 7) is 0.897. The van der Waals surface area contributed by atoms with E-state index in [-0.39, 0.29) is 0 Å². The molecule has 4 nitrogen and oxygen atoms in total. The van der Waals surface area contributed by atoms with Crippen molar-refractivity contribution in [2.24, 2.45) is 0 Å². The van der Waals surface area contributed by atoms with Crippen molar-refractivity contribution < 1.29 is 9.26 Å². The van der Waals surface area contributed by atoms with E-state index in [0.717, 1.165) is 35.9 Å². The third-order valence-corrected chi connectivity index (χ3v) is 4.44. The molecule has 1 aromatic heterocycles. The molecule has 0 amide bonds. The molecule has 1 aliphatic heterocycles. The summed E-state index contributed by atoms with van der Waals surface area (Å²) in [7, 11) is 0. The molecule has 0 unspecified atom stereocenters. The second-order valence-corrected chi connectivity index (χ2v) is 6.14. The zero-order chi connectivity index (χ0) is 13.8. The van der Waals surface area contributed by atoms with Crippen LogP contribution in [0.3, 0.4) is 0 Å². The number of hydrogen-bond donors (Lipinski definition) is 0. The Balaban J connectivity index is 1.55. The van der Waals surface area contributed by atoms with Crippen LogP contribution in [0.2, 0.25) is 5.02 Å². The average Bonchev–Trinajstić information content (AvgIpc) is 3.11. The van der Waals surface area contributed by atoms with Gasteiger partial charge in [-0.3, -0.25) is 0 Å². The van der Waals surface area contributed by atoms with Gasteiger partial charge in [0.05, 0.1) is 11.9 Å². The van der Waals surface area contributed by atoms with E-state index in [1.165, 1.54) is 6.42 Å². The van der Waals surface area contributed by atoms with Crippen LogP contribution < -0.4 is 0 Å². The van der Waals surface area contributed by atoms with Gasteiger partial charge in [-0.05, 0) is 37.1 Å². The minimum atomic E-state index is 0.391. The molecule has 0 saturated carbocycles. The van der Waals surface area contributed by atoms with Gasteiger partial charge in [0.1, 0.15) is 0 Å². The maximum absolute atomic E-state index is 5.85. The van der Waals surface area contributed by atoms with Crippen LogP contribution >= 0.6 is 23.4 Å². The van der Waals surface area contributed by atoms with E-state index in [4.69, 9.17) is 20.9 Å². The van der Waals surface area contributed by atoms with E-state index >= 15 is 0 Å². The van der Waals surface area contributed by atoms with Gasteiger partial charge in [0.15, 0.2) is 5.82 Å². The molecular weight excluding hydrogens is 296 g/mol. The lowest BCUT2D eigenvalue weighted by molar-refractivity contribution is 0.129. The molecular formula is C14H15ClN2O2S. The predicted octanol–water partition coefficient (Wildman–Crippen LogP) is 3.80. The topological polar surface area (TPSA) is 48.2 Å². The lowest BCUT2D eigenvalue weighted by Gasteiger charge is -2.06. The lowest BCUT2D eigenvalue weighted by Crippen LogP contribution is -2.08. The Morgan fingerprint density at radius 2 is 2.15 bits per heavy atom. The summed E-state index contributed by atoms with van der Waals surface area (Å²) in [4.78, 5) is 4.39. The van der Waals surface area contributed by atoms with Crippen LogP contribution in [0.1, 0.15) is 18.7 Å². The molecule has 1 aromatic carbocycles. The average molecular weight is 311 g/mol. The smallest absolute Gasteiger partial charge is 0.257 e. The number of benzene rings is 1. The van der Waals surface area contributed by atoms with Crippen LogP contribution in [0.15, 0.2) is 28.8 Å². The Hall–Kier alpha value is -1.04. The predicted molar refractivity (Wildman–Crippen MR) is 79.9 cm³/mol. The van der Waals surface area contributed by atoms with Crippen LogP contribution in [-0.2, 0) is 10.5 Å². The van der Waals surface area contributed by atoms with E-state index in [9.17, 15) is 0 Å². The fourth-order valence-corrected chi connectivity index (χ4v) is 3.15. The van der Waals surface area contributed by atoms with Gasteiger partial charge in [0.25, 0.3) is 5.89 Å². The molecule has 3 rings (SSSR count). The molecule has 0 spiro atoms. The minimum Gasteiger partial charge on any atom is -0.377 e. The molecule has 2 aromatic rings. The summed E-state index contributed by atoms with van der Waals surface area (Å²) >= 11 is 7.64. The summed E-state index contributed by atoms with van der Waals surface area (Å²) in [6.07, 6.45) is 2.73. The number of rotatable bonds is 5. The van der Waals surface area contributed by atoms with E-state index in [1.807, 2.05) is 24.3 Å². The Morgan fingerprint density at radius 3 is 2.90 bits per heavy atom. The standard InChI is InChI=1S/C14H15ClN2O2S/c15-11-5-3-10(4-6-11)14-16-13(17-19-14)9-20-8-12-2-1-7-18-12/h3-6,12H,1-2,7-9H2/t12-/m1/s1. The summed E-state index contributed by atoms with van der Waals surface area (Å²) in [6, 6.07) is 7.37. The van der Waals surface area contributed by atoms with Gasteiger partial charge in [0.2, 0.25) is 0 Å². The summed E-state index contributed by atoms with van der Waals surface area (Å²) < 4.78 is 10.8. The Labute approximate surface area is 126 Å². The van der Waals surface area contributed by atoms with Crippen molar-refractivity contribution in [3.05, 3.63) is 35.1 Å². The highest BCUT2D eigenvalue weighted by molar-refractivity contribution is 7.98. The molecule has 2 heterocycles. The maximum atomic E-state index is 5.85. The van der Waals surface area contributed by atoms with Gasteiger partial charge in [-0.25, -0.2) is 0 Å². The molecule has 6 heteroatoms. The molecule has 1 aliphatic rings. The van der Waals surface area contributed by atoms with Crippen molar-refractivity contribution >= 4 is 23.4 Å². The Morgan fingerprint density at radius 1 is 1.30 bits per heavy atom. The first-order valence-electron chi connectivity index (χ1n) is 6.59. The SMILES string of the molecule is Clc1ccc(-c2nc(CSC[C@H]3CCCO3)no2)cc1. The van der Waals surface area contributed by atoms with Crippen LogP contribution in [0.25, 0.3) is 11.5 Å². The number of halogens is 1. The molecule has 106 valence electrons. The summed E-state index contributed by atoms with van der Waals surface area (Å²) in [5.74, 6) is 2.99. The zero-order valence-electron chi connectivity index (χ0n) is 10.9. The number of aromatic nitrogens is 2. The van der Waals surface area contributed by atoms with E-state index in [1.54, 1.807) is 11.8 Å². The third-order valence-electron chi connectivity index (χ3n) is 3.12. The number of nitrogens with zero attached hydrogens (tertiary/aromatic N) is 2. The van der Waals surface area contributed by atoms with Crippen molar-refractivity contribution in [1.82, 2.24) is 10.1 Å². The van der Waals surface area contributed by atoms with Gasteiger partial charge in [-0.1, -0.05) is 16.8 Å². The van der Waals surface area contributed by atoms with Gasteiger partial charge in [0, 0.05) is 22.9 Å². The van der Waals surface area contributed by atoms with E-state index in [2.05, 4.69) is 10.1 Å². The van der Waals surface area contributed by atoms with Crippen molar-refractivity contribution in [2.45, 2.75) is 24.7 Å². The van der Waals surface area contributed by atoms with Gasteiger partial charge >= 0.3 is 0 Å². The third kappa shape index (κ3) is 3.53. The Kier molecular flexibility index (Phi) is 4.60. The fraction of sp³-hybridized carbons (Fsp3) is 0.429. The second kappa shape index (κ2) is 6.61. The van der Waals surface area contributed by atoms with Crippen LogP contribution in [0.5, 0.6) is 0 Å². The molecule has 1 atom stereocenters. The summed E-state index contributed by atoms with van der Waals surface area (Å²) in [5, 5.41) is 4.69. The molecule has 0 N–H and O–H groups in total. The number of ether oxygens (including phenoxy) is 1. The first kappa shape index (κ1) is 13.9.